The molecule has 1 aliphatic rings. The maximum absolute atomic E-state index is 12.8. The third-order valence-electron chi connectivity index (χ3n) is 10.9. The second-order valence-corrected chi connectivity index (χ2v) is 16.5. The first-order valence-electron chi connectivity index (χ1n) is 24.5. The first-order chi connectivity index (χ1) is 29.9. The predicted octanol–water partition coefficient (Wildman–Crippen LogP) is 11.6. The van der Waals surface area contributed by atoms with Crippen LogP contribution in [0.15, 0.2) is 72.9 Å². The van der Waals surface area contributed by atoms with E-state index in [1.807, 2.05) is 0 Å². The first kappa shape index (κ1) is 56.6. The van der Waals surface area contributed by atoms with Crippen LogP contribution in [0.4, 0.5) is 0 Å². The van der Waals surface area contributed by atoms with Gasteiger partial charge in [0, 0.05) is 13.0 Å². The van der Waals surface area contributed by atoms with Crippen LogP contribution in [0.25, 0.3) is 0 Å². The lowest BCUT2D eigenvalue weighted by Gasteiger charge is -2.39. The van der Waals surface area contributed by atoms with Crippen LogP contribution in [-0.2, 0) is 23.7 Å². The van der Waals surface area contributed by atoms with Crippen molar-refractivity contribution in [3.63, 3.8) is 0 Å². The molecule has 1 heterocycles. The molecule has 1 rings (SSSR count). The number of esters is 1. The van der Waals surface area contributed by atoms with Crippen molar-refractivity contribution in [3.8, 4) is 0 Å². The summed E-state index contributed by atoms with van der Waals surface area (Å²) in [6, 6.07) is 0. The van der Waals surface area contributed by atoms with Crippen molar-refractivity contribution in [1.82, 2.24) is 0 Å². The first-order valence-corrected chi connectivity index (χ1v) is 24.5. The van der Waals surface area contributed by atoms with Crippen molar-refractivity contribution < 1.29 is 44.2 Å². The number of hydrogen-bond donors (Lipinski definition) is 4. The zero-order valence-corrected chi connectivity index (χ0v) is 38.6. The Bertz CT molecular complexity index is 1160. The van der Waals surface area contributed by atoms with Crippen LogP contribution in [0.1, 0.15) is 187 Å². The minimum Gasteiger partial charge on any atom is -0.457 e. The van der Waals surface area contributed by atoms with Crippen LogP contribution in [0.2, 0.25) is 0 Å². The minimum atomic E-state index is -1.54. The molecule has 0 aliphatic carbocycles. The van der Waals surface area contributed by atoms with Gasteiger partial charge >= 0.3 is 5.97 Å². The molecule has 1 aliphatic heterocycles. The summed E-state index contributed by atoms with van der Waals surface area (Å²) < 4.78 is 22.9. The van der Waals surface area contributed by atoms with Crippen LogP contribution in [0.3, 0.4) is 0 Å². The van der Waals surface area contributed by atoms with Crippen molar-refractivity contribution in [2.45, 2.75) is 224 Å². The summed E-state index contributed by atoms with van der Waals surface area (Å²) in [5.41, 5.74) is 0. The molecule has 0 bridgehead atoms. The number of carbonyl (C=O) groups excluding carboxylic acids is 1. The average molecular weight is 859 g/mol. The summed E-state index contributed by atoms with van der Waals surface area (Å²) in [5, 5.41) is 40.2. The predicted molar refractivity (Wildman–Crippen MR) is 251 cm³/mol. The van der Waals surface area contributed by atoms with E-state index in [2.05, 4.69) is 86.8 Å². The number of ether oxygens (including phenoxy) is 4. The van der Waals surface area contributed by atoms with E-state index in [-0.39, 0.29) is 19.2 Å². The molecule has 6 atom stereocenters. The molecule has 9 heteroatoms. The highest BCUT2D eigenvalue weighted by molar-refractivity contribution is 5.69. The Labute approximate surface area is 372 Å². The molecule has 6 unspecified atom stereocenters. The fourth-order valence-corrected chi connectivity index (χ4v) is 7.04. The van der Waals surface area contributed by atoms with E-state index in [1.165, 1.54) is 70.6 Å². The van der Waals surface area contributed by atoms with Crippen LogP contribution in [0.5, 0.6) is 0 Å². The van der Waals surface area contributed by atoms with Gasteiger partial charge in [0.25, 0.3) is 0 Å². The lowest BCUT2D eigenvalue weighted by Crippen LogP contribution is -2.59. The van der Waals surface area contributed by atoms with Gasteiger partial charge in [-0.3, -0.25) is 4.79 Å². The molecule has 0 radical (unpaired) electrons. The van der Waals surface area contributed by atoms with E-state index in [1.54, 1.807) is 0 Å². The highest BCUT2D eigenvalue weighted by Crippen LogP contribution is 2.22. The topological polar surface area (TPSA) is 135 Å². The summed E-state index contributed by atoms with van der Waals surface area (Å²) in [5.74, 6) is -0.331. The molecular formula is C52H90O9. The van der Waals surface area contributed by atoms with E-state index in [0.29, 0.717) is 13.0 Å². The smallest absolute Gasteiger partial charge is 0.306 e. The van der Waals surface area contributed by atoms with Gasteiger partial charge in [0.1, 0.15) is 30.5 Å². The zero-order valence-electron chi connectivity index (χ0n) is 38.6. The van der Waals surface area contributed by atoms with Crippen LogP contribution >= 0.6 is 0 Å². The second kappa shape index (κ2) is 42.9. The number of allylic oxidation sites excluding steroid dienone is 12. The van der Waals surface area contributed by atoms with Gasteiger partial charge in [-0.2, -0.15) is 0 Å². The number of hydrogen-bond acceptors (Lipinski definition) is 9. The molecule has 4 N–H and O–H groups in total. The van der Waals surface area contributed by atoms with Crippen molar-refractivity contribution in [2.24, 2.45) is 0 Å². The lowest BCUT2D eigenvalue weighted by molar-refractivity contribution is -0.305. The molecule has 9 nitrogen and oxygen atoms in total. The van der Waals surface area contributed by atoms with Gasteiger partial charge in [-0.25, -0.2) is 0 Å². The largest absolute Gasteiger partial charge is 0.457 e. The summed E-state index contributed by atoms with van der Waals surface area (Å²) in [6.45, 7) is 4.39. The monoisotopic (exact) mass is 859 g/mol. The highest BCUT2D eigenvalue weighted by atomic mass is 16.7. The van der Waals surface area contributed by atoms with Gasteiger partial charge in [0.15, 0.2) is 6.29 Å². The fraction of sp³-hybridized carbons (Fsp3) is 0.750. The number of carbonyl (C=O) groups is 1. The average Bonchev–Trinajstić information content (AvgIpc) is 3.26. The Hall–Kier alpha value is -2.37. The molecule has 0 aromatic rings. The SMILES string of the molecule is CC/C=C\C/C=C\C/C=C\C/C=C\CCCCCCCCCCCOCC(COC1OC(CO)C(O)C(O)C1O)OC(=O)CCCCCCC/C=C\C/C=C\CCCCCC. The second-order valence-electron chi connectivity index (χ2n) is 16.5. The summed E-state index contributed by atoms with van der Waals surface area (Å²) >= 11 is 0. The molecule has 0 saturated carbocycles. The third-order valence-corrected chi connectivity index (χ3v) is 10.9. The van der Waals surface area contributed by atoms with E-state index < -0.39 is 43.4 Å². The standard InChI is InChI=1S/C52H90O9/c1-3-5-7-9-11-13-15-17-19-21-22-23-24-25-26-28-30-32-34-36-38-40-42-58-44-46(45-59-52-51(57)50(56)49(55)47(43-53)61-52)60-48(54)41-39-37-35-33-31-29-27-20-18-16-14-12-10-8-6-4-2/h5,7,11,13-14,16-17,19-20,22-23,27,46-47,49-53,55-57H,3-4,6,8-10,12,15,18,21,24-26,28-45H2,1-2H3/b7-5-,13-11-,16-14-,19-17-,23-22-,27-20-. The Morgan fingerprint density at radius 2 is 1.00 bits per heavy atom. The molecule has 61 heavy (non-hydrogen) atoms. The molecule has 0 aromatic heterocycles. The van der Waals surface area contributed by atoms with Crippen LogP contribution in [0, 0.1) is 0 Å². The number of aliphatic hydroxyl groups excluding tert-OH is 4. The van der Waals surface area contributed by atoms with Crippen LogP contribution in [-0.4, -0.2) is 89.6 Å². The van der Waals surface area contributed by atoms with Gasteiger partial charge in [-0.05, 0) is 83.5 Å². The third kappa shape index (κ3) is 33.8. The summed E-state index contributed by atoms with van der Waals surface area (Å²) in [4.78, 5) is 12.8. The molecule has 352 valence electrons. The molecule has 0 amide bonds. The summed E-state index contributed by atoms with van der Waals surface area (Å²) in [6.07, 6.45) is 49.3. The Balaban J connectivity index is 2.24. The molecule has 1 fully saturated rings. The molecular weight excluding hydrogens is 769 g/mol. The van der Waals surface area contributed by atoms with Crippen LogP contribution < -0.4 is 0 Å². The quantitative estimate of drug-likeness (QED) is 0.0269. The van der Waals surface area contributed by atoms with Gasteiger partial charge in [-0.1, -0.05) is 170 Å². The van der Waals surface area contributed by atoms with Gasteiger partial charge in [-0.15, -0.1) is 0 Å². The van der Waals surface area contributed by atoms with E-state index in [9.17, 15) is 25.2 Å². The van der Waals surface area contributed by atoms with Crippen molar-refractivity contribution in [3.05, 3.63) is 72.9 Å². The zero-order chi connectivity index (χ0) is 44.3. The Morgan fingerprint density at radius 1 is 0.541 bits per heavy atom. The van der Waals surface area contributed by atoms with Gasteiger partial charge in [0.05, 0.1) is 19.8 Å². The van der Waals surface area contributed by atoms with Gasteiger partial charge < -0.3 is 39.4 Å². The molecule has 1 saturated heterocycles. The van der Waals surface area contributed by atoms with Crippen molar-refractivity contribution in [2.75, 3.05) is 26.4 Å². The lowest BCUT2D eigenvalue weighted by atomic mass is 9.99. The maximum atomic E-state index is 12.8. The van der Waals surface area contributed by atoms with Crippen molar-refractivity contribution >= 4 is 5.97 Å². The van der Waals surface area contributed by atoms with E-state index >= 15 is 0 Å². The van der Waals surface area contributed by atoms with E-state index in [4.69, 9.17) is 18.9 Å². The molecule has 0 spiro atoms. The molecule has 0 aromatic carbocycles. The van der Waals surface area contributed by atoms with E-state index in [0.717, 1.165) is 96.3 Å². The number of unbranched alkanes of at least 4 members (excludes halogenated alkanes) is 18. The van der Waals surface area contributed by atoms with Gasteiger partial charge in [0.2, 0.25) is 0 Å². The summed E-state index contributed by atoms with van der Waals surface area (Å²) in [7, 11) is 0. The highest BCUT2D eigenvalue weighted by Gasteiger charge is 2.44. The maximum Gasteiger partial charge on any atom is 0.306 e. The number of rotatable bonds is 41. The number of aliphatic hydroxyl groups is 4. The Kier molecular flexibility index (Phi) is 39.8. The fourth-order valence-electron chi connectivity index (χ4n) is 7.04. The Morgan fingerprint density at radius 3 is 1.51 bits per heavy atom. The minimum absolute atomic E-state index is 0.125. The van der Waals surface area contributed by atoms with Crippen molar-refractivity contribution in [1.29, 1.82) is 0 Å². The normalized spacial score (nSPS) is 20.5.